The number of anilines is 1. The summed E-state index contributed by atoms with van der Waals surface area (Å²) in [5, 5.41) is 0. The van der Waals surface area contributed by atoms with Crippen molar-refractivity contribution in [2.75, 3.05) is 19.5 Å². The number of nitrogens with two attached hydrogens (primary N) is 1. The van der Waals surface area contributed by atoms with E-state index in [9.17, 15) is 4.79 Å². The maximum atomic E-state index is 11.3. The molecule has 0 atom stereocenters. The van der Waals surface area contributed by atoms with E-state index in [1.54, 1.807) is 26.2 Å². The van der Waals surface area contributed by atoms with Crippen molar-refractivity contribution in [3.8, 4) is 5.75 Å². The topological polar surface area (TPSA) is 61.5 Å². The van der Waals surface area contributed by atoms with Crippen molar-refractivity contribution in [2.45, 2.75) is 13.3 Å². The SMILES string of the molecule is CCOC(=O)Cc1cc(N)c(OC)c(Br)c1. The van der Waals surface area contributed by atoms with Crippen LogP contribution in [0.5, 0.6) is 5.75 Å². The van der Waals surface area contributed by atoms with Crippen LogP contribution in [0.25, 0.3) is 0 Å². The van der Waals surface area contributed by atoms with Gasteiger partial charge in [0, 0.05) is 0 Å². The molecule has 1 aromatic carbocycles. The third-order valence-electron chi connectivity index (χ3n) is 1.99. The number of methoxy groups -OCH3 is 1. The molecule has 0 aliphatic carbocycles. The van der Waals surface area contributed by atoms with Gasteiger partial charge in [0.15, 0.2) is 5.75 Å². The number of nitrogen functional groups attached to an aromatic ring is 1. The Morgan fingerprint density at radius 3 is 2.69 bits per heavy atom. The number of carbonyl (C=O) groups excluding carboxylic acids is 1. The van der Waals surface area contributed by atoms with Crippen LogP contribution in [0.4, 0.5) is 5.69 Å². The van der Waals surface area contributed by atoms with Gasteiger partial charge in [-0.3, -0.25) is 4.79 Å². The average molecular weight is 288 g/mol. The van der Waals surface area contributed by atoms with Crippen LogP contribution in [-0.4, -0.2) is 19.7 Å². The maximum Gasteiger partial charge on any atom is 0.310 e. The zero-order valence-corrected chi connectivity index (χ0v) is 10.8. The monoisotopic (exact) mass is 287 g/mol. The average Bonchev–Trinajstić information content (AvgIpc) is 2.17. The molecular formula is C11H14BrNO3. The van der Waals surface area contributed by atoms with Crippen LogP contribution in [0.15, 0.2) is 16.6 Å². The molecule has 88 valence electrons. The van der Waals surface area contributed by atoms with Crippen LogP contribution in [0.3, 0.4) is 0 Å². The van der Waals surface area contributed by atoms with Gasteiger partial charge in [-0.05, 0) is 40.5 Å². The minimum Gasteiger partial charge on any atom is -0.493 e. The summed E-state index contributed by atoms with van der Waals surface area (Å²) in [6, 6.07) is 3.51. The summed E-state index contributed by atoms with van der Waals surface area (Å²) in [5.41, 5.74) is 7.07. The molecule has 16 heavy (non-hydrogen) atoms. The molecule has 0 aliphatic rings. The Balaban J connectivity index is 2.87. The molecule has 0 bridgehead atoms. The first-order chi connectivity index (χ1) is 7.58. The summed E-state index contributed by atoms with van der Waals surface area (Å²) < 4.78 is 10.7. The van der Waals surface area contributed by atoms with E-state index in [1.807, 2.05) is 0 Å². The molecule has 0 spiro atoms. The highest BCUT2D eigenvalue weighted by atomic mass is 79.9. The van der Waals surface area contributed by atoms with E-state index in [0.29, 0.717) is 18.0 Å². The molecule has 0 aliphatic heterocycles. The summed E-state index contributed by atoms with van der Waals surface area (Å²) in [6.45, 7) is 2.15. The van der Waals surface area contributed by atoms with Gasteiger partial charge in [0.25, 0.3) is 0 Å². The van der Waals surface area contributed by atoms with Gasteiger partial charge in [-0.1, -0.05) is 0 Å². The molecule has 1 aromatic rings. The largest absolute Gasteiger partial charge is 0.493 e. The second kappa shape index (κ2) is 5.75. The zero-order chi connectivity index (χ0) is 12.1. The molecule has 2 N–H and O–H groups in total. The molecule has 0 fully saturated rings. The first-order valence-electron chi connectivity index (χ1n) is 4.86. The van der Waals surface area contributed by atoms with Crippen molar-refractivity contribution in [3.05, 3.63) is 22.2 Å². The molecule has 0 saturated carbocycles. The van der Waals surface area contributed by atoms with Crippen molar-refractivity contribution in [1.29, 1.82) is 0 Å². The number of esters is 1. The van der Waals surface area contributed by atoms with Crippen LogP contribution in [0, 0.1) is 0 Å². The van der Waals surface area contributed by atoms with E-state index in [0.717, 1.165) is 10.0 Å². The van der Waals surface area contributed by atoms with Gasteiger partial charge in [-0.25, -0.2) is 0 Å². The molecule has 0 aromatic heterocycles. The number of hydrogen-bond acceptors (Lipinski definition) is 4. The van der Waals surface area contributed by atoms with Crippen LogP contribution in [-0.2, 0) is 16.0 Å². The molecule has 1 rings (SSSR count). The van der Waals surface area contributed by atoms with E-state index in [1.165, 1.54) is 0 Å². The van der Waals surface area contributed by atoms with E-state index in [4.69, 9.17) is 15.2 Å². The fourth-order valence-corrected chi connectivity index (χ4v) is 2.05. The Morgan fingerprint density at radius 2 is 2.19 bits per heavy atom. The number of rotatable bonds is 4. The molecule has 0 saturated heterocycles. The maximum absolute atomic E-state index is 11.3. The molecule has 0 heterocycles. The first-order valence-corrected chi connectivity index (χ1v) is 5.65. The predicted octanol–water partition coefficient (Wildman–Crippen LogP) is 2.15. The van der Waals surface area contributed by atoms with Crippen molar-refractivity contribution in [1.82, 2.24) is 0 Å². The summed E-state index contributed by atoms with van der Waals surface area (Å²) in [7, 11) is 1.54. The summed E-state index contributed by atoms with van der Waals surface area (Å²) in [6.07, 6.45) is 0.209. The van der Waals surface area contributed by atoms with E-state index >= 15 is 0 Å². The summed E-state index contributed by atoms with van der Waals surface area (Å²) in [5.74, 6) is 0.312. The van der Waals surface area contributed by atoms with Gasteiger partial charge >= 0.3 is 5.97 Å². The van der Waals surface area contributed by atoms with Gasteiger partial charge in [0.2, 0.25) is 0 Å². The van der Waals surface area contributed by atoms with Gasteiger partial charge in [0.05, 0.1) is 30.3 Å². The molecule has 4 nitrogen and oxygen atoms in total. The van der Waals surface area contributed by atoms with Crippen molar-refractivity contribution in [3.63, 3.8) is 0 Å². The quantitative estimate of drug-likeness (QED) is 0.681. The van der Waals surface area contributed by atoms with Gasteiger partial charge < -0.3 is 15.2 Å². The molecule has 0 amide bonds. The van der Waals surface area contributed by atoms with Crippen LogP contribution < -0.4 is 10.5 Å². The summed E-state index contributed by atoms with van der Waals surface area (Å²) in [4.78, 5) is 11.3. The van der Waals surface area contributed by atoms with Crippen molar-refractivity contribution in [2.24, 2.45) is 0 Å². The van der Waals surface area contributed by atoms with Crippen LogP contribution in [0.1, 0.15) is 12.5 Å². The first kappa shape index (κ1) is 12.8. The van der Waals surface area contributed by atoms with Crippen molar-refractivity contribution < 1.29 is 14.3 Å². The second-order valence-corrected chi connectivity index (χ2v) is 4.04. The predicted molar refractivity (Wildman–Crippen MR) is 65.4 cm³/mol. The molecule has 0 unspecified atom stereocenters. The zero-order valence-electron chi connectivity index (χ0n) is 9.25. The smallest absolute Gasteiger partial charge is 0.310 e. The van der Waals surface area contributed by atoms with Crippen LogP contribution >= 0.6 is 15.9 Å². The third kappa shape index (κ3) is 3.13. The molecule has 0 radical (unpaired) electrons. The Bertz CT molecular complexity index is 370. The Labute approximate surface area is 103 Å². The lowest BCUT2D eigenvalue weighted by Crippen LogP contribution is -2.08. The van der Waals surface area contributed by atoms with Crippen molar-refractivity contribution >= 4 is 27.6 Å². The van der Waals surface area contributed by atoms with E-state index < -0.39 is 0 Å². The fourth-order valence-electron chi connectivity index (χ4n) is 1.37. The number of benzene rings is 1. The molecular weight excluding hydrogens is 274 g/mol. The van der Waals surface area contributed by atoms with E-state index in [-0.39, 0.29) is 12.4 Å². The fraction of sp³-hybridized carbons (Fsp3) is 0.364. The second-order valence-electron chi connectivity index (χ2n) is 3.18. The minimum absolute atomic E-state index is 0.209. The lowest BCUT2D eigenvalue weighted by molar-refractivity contribution is -0.142. The Hall–Kier alpha value is -1.23. The highest BCUT2D eigenvalue weighted by molar-refractivity contribution is 9.10. The Morgan fingerprint density at radius 1 is 1.50 bits per heavy atom. The number of halogens is 1. The standard InChI is InChI=1S/C11H14BrNO3/c1-3-16-10(14)6-7-4-8(12)11(15-2)9(13)5-7/h4-5H,3,6,13H2,1-2H3. The third-order valence-corrected chi connectivity index (χ3v) is 2.58. The normalized spacial score (nSPS) is 9.94. The lowest BCUT2D eigenvalue weighted by atomic mass is 10.1. The Kier molecular flexibility index (Phi) is 4.61. The molecule has 5 heteroatoms. The highest BCUT2D eigenvalue weighted by Gasteiger charge is 2.10. The van der Waals surface area contributed by atoms with Crippen LogP contribution in [0.2, 0.25) is 0 Å². The number of hydrogen-bond donors (Lipinski definition) is 1. The highest BCUT2D eigenvalue weighted by Crippen LogP contribution is 2.32. The minimum atomic E-state index is -0.265. The number of ether oxygens (including phenoxy) is 2. The van der Waals surface area contributed by atoms with Gasteiger partial charge in [0.1, 0.15) is 0 Å². The summed E-state index contributed by atoms with van der Waals surface area (Å²) >= 11 is 3.33. The van der Waals surface area contributed by atoms with Gasteiger partial charge in [-0.2, -0.15) is 0 Å². The van der Waals surface area contributed by atoms with Gasteiger partial charge in [-0.15, -0.1) is 0 Å². The van der Waals surface area contributed by atoms with E-state index in [2.05, 4.69) is 15.9 Å². The lowest BCUT2D eigenvalue weighted by Gasteiger charge is -2.09. The number of carbonyl (C=O) groups is 1.